The second kappa shape index (κ2) is 10.7. The quantitative estimate of drug-likeness (QED) is 0.379. The maximum absolute atomic E-state index is 13.3. The first-order chi connectivity index (χ1) is 18.0. The molecule has 0 saturated carbocycles. The van der Waals surface area contributed by atoms with E-state index in [1.807, 2.05) is 48.5 Å². The maximum Gasteiger partial charge on any atom is 0.333 e. The summed E-state index contributed by atoms with van der Waals surface area (Å²) in [5.41, 5.74) is 1.32. The number of amides is 1. The van der Waals surface area contributed by atoms with Crippen molar-refractivity contribution in [2.24, 2.45) is 0 Å². The molecule has 0 atom stereocenters. The van der Waals surface area contributed by atoms with Gasteiger partial charge in [0, 0.05) is 6.54 Å². The van der Waals surface area contributed by atoms with Crippen molar-refractivity contribution >= 4 is 46.1 Å². The summed E-state index contributed by atoms with van der Waals surface area (Å²) in [6.07, 6.45) is 3.02. The molecule has 188 valence electrons. The van der Waals surface area contributed by atoms with Gasteiger partial charge in [0.1, 0.15) is 11.2 Å². The highest BCUT2D eigenvalue weighted by molar-refractivity contribution is 7.07. The Bertz CT molecular complexity index is 1670. The number of carbonyl (C=O) groups is 2. The van der Waals surface area contributed by atoms with Crippen molar-refractivity contribution in [3.63, 3.8) is 0 Å². The van der Waals surface area contributed by atoms with Gasteiger partial charge in [-0.05, 0) is 53.1 Å². The Morgan fingerprint density at radius 2 is 1.86 bits per heavy atom. The smallest absolute Gasteiger partial charge is 0.333 e. The number of ether oxygens (including phenoxy) is 3. The third-order valence-corrected chi connectivity index (χ3v) is 6.82. The van der Waals surface area contributed by atoms with E-state index in [0.717, 1.165) is 33.2 Å². The lowest BCUT2D eigenvalue weighted by Crippen LogP contribution is -2.38. The van der Waals surface area contributed by atoms with Crippen LogP contribution in [0.3, 0.4) is 0 Å². The van der Waals surface area contributed by atoms with E-state index in [4.69, 9.17) is 14.2 Å². The minimum absolute atomic E-state index is 0.171. The van der Waals surface area contributed by atoms with Gasteiger partial charge >= 0.3 is 5.97 Å². The number of hydrogen-bond donors (Lipinski definition) is 1. The van der Waals surface area contributed by atoms with Gasteiger partial charge in [0.25, 0.3) is 5.56 Å². The highest BCUT2D eigenvalue weighted by Gasteiger charge is 2.15. The number of nitrogens with zero attached hydrogens (tertiary/aromatic N) is 1. The molecule has 4 aromatic rings. The lowest BCUT2D eigenvalue weighted by molar-refractivity contribution is -0.135. The average Bonchev–Trinajstić information content (AvgIpc) is 3.47. The Hall–Kier alpha value is -4.37. The molecule has 0 bridgehead atoms. The van der Waals surface area contributed by atoms with Gasteiger partial charge in [0.05, 0.1) is 17.2 Å². The predicted octanol–water partition coefficient (Wildman–Crippen LogP) is 2.28. The van der Waals surface area contributed by atoms with Gasteiger partial charge < -0.3 is 19.5 Å². The van der Waals surface area contributed by atoms with E-state index in [1.54, 1.807) is 25.1 Å². The van der Waals surface area contributed by atoms with Gasteiger partial charge in [-0.1, -0.05) is 42.5 Å². The van der Waals surface area contributed by atoms with Gasteiger partial charge in [-0.15, -0.1) is 11.3 Å². The van der Waals surface area contributed by atoms with Crippen LogP contribution in [0.4, 0.5) is 0 Å². The third kappa shape index (κ3) is 5.57. The molecule has 1 aliphatic heterocycles. The molecule has 0 radical (unpaired) electrons. The fraction of sp³-hybridized carbons (Fsp3) is 0.179. The Labute approximate surface area is 216 Å². The van der Waals surface area contributed by atoms with E-state index in [-0.39, 0.29) is 38.0 Å². The number of nitrogens with one attached hydrogen (secondary N) is 1. The molecule has 0 saturated heterocycles. The number of thiazole rings is 1. The van der Waals surface area contributed by atoms with Gasteiger partial charge in [-0.25, -0.2) is 4.79 Å². The molecule has 0 unspecified atom stereocenters. The second-order valence-corrected chi connectivity index (χ2v) is 9.37. The largest absolute Gasteiger partial charge is 0.463 e. The molecule has 1 aromatic heterocycles. The number of fused-ring (bicyclic) bond motifs is 2. The van der Waals surface area contributed by atoms with Crippen LogP contribution in [0.1, 0.15) is 18.1 Å². The molecule has 37 heavy (non-hydrogen) atoms. The minimum Gasteiger partial charge on any atom is -0.463 e. The van der Waals surface area contributed by atoms with Gasteiger partial charge in [-0.2, -0.15) is 0 Å². The van der Waals surface area contributed by atoms with Crippen molar-refractivity contribution in [1.82, 2.24) is 9.88 Å². The molecule has 0 fully saturated rings. The minimum atomic E-state index is -0.574. The number of benzene rings is 3. The van der Waals surface area contributed by atoms with Crippen LogP contribution < -0.4 is 29.5 Å². The molecule has 1 aliphatic rings. The van der Waals surface area contributed by atoms with Gasteiger partial charge in [0.15, 0.2) is 11.5 Å². The van der Waals surface area contributed by atoms with Crippen LogP contribution in [0.25, 0.3) is 22.9 Å². The Balaban J connectivity index is 1.42. The van der Waals surface area contributed by atoms with Crippen LogP contribution in [0.5, 0.6) is 11.5 Å². The SMILES string of the molecule is CCOC(=O)/C=c1\s/c(=C\c2ccc3ccccc3c2)c(=O)n1CC(=O)NCc1ccc2c(c1)OCO2. The number of rotatable bonds is 7. The summed E-state index contributed by atoms with van der Waals surface area (Å²) in [7, 11) is 0. The van der Waals surface area contributed by atoms with Crippen LogP contribution in [-0.4, -0.2) is 29.8 Å². The standard InChI is InChI=1S/C28H24N2O6S/c1-2-34-27(32)14-26-30(16-25(31)29-15-19-8-10-22-23(12-19)36-17-35-22)28(33)24(37-26)13-18-7-9-20-5-3-4-6-21(20)11-18/h3-14H,2,15-17H2,1H3,(H,29,31)/b24-13-,26-14-. The zero-order valence-corrected chi connectivity index (χ0v) is 20.9. The van der Waals surface area contributed by atoms with E-state index < -0.39 is 5.97 Å². The van der Waals surface area contributed by atoms with Crippen molar-refractivity contribution in [3.05, 3.63) is 91.3 Å². The number of carbonyl (C=O) groups excluding carboxylic acids is 2. The topological polar surface area (TPSA) is 95.9 Å². The summed E-state index contributed by atoms with van der Waals surface area (Å²) in [5, 5.41) is 4.97. The van der Waals surface area contributed by atoms with Gasteiger partial charge in [0.2, 0.25) is 12.7 Å². The van der Waals surface area contributed by atoms with Crippen molar-refractivity contribution in [2.45, 2.75) is 20.0 Å². The van der Waals surface area contributed by atoms with Crippen LogP contribution in [-0.2, 0) is 27.4 Å². The molecule has 1 amide bonds. The molecule has 9 heteroatoms. The molecule has 5 rings (SSSR count). The van der Waals surface area contributed by atoms with Crippen molar-refractivity contribution in [3.8, 4) is 11.5 Å². The lowest BCUT2D eigenvalue weighted by atomic mass is 10.1. The van der Waals surface area contributed by atoms with E-state index in [0.29, 0.717) is 20.7 Å². The Morgan fingerprint density at radius 3 is 2.70 bits per heavy atom. The Kier molecular flexibility index (Phi) is 7.04. The van der Waals surface area contributed by atoms with E-state index in [1.165, 1.54) is 10.6 Å². The molecule has 3 aromatic carbocycles. The van der Waals surface area contributed by atoms with Crippen molar-refractivity contribution < 1.29 is 23.8 Å². The molecular weight excluding hydrogens is 492 g/mol. The van der Waals surface area contributed by atoms with E-state index >= 15 is 0 Å². The van der Waals surface area contributed by atoms with Crippen molar-refractivity contribution in [1.29, 1.82) is 0 Å². The zero-order chi connectivity index (χ0) is 25.8. The third-order valence-electron chi connectivity index (χ3n) is 5.76. The summed E-state index contributed by atoms with van der Waals surface area (Å²) in [4.78, 5) is 38.2. The first-order valence-corrected chi connectivity index (χ1v) is 12.6. The maximum atomic E-state index is 13.3. The van der Waals surface area contributed by atoms with E-state index in [9.17, 15) is 14.4 Å². The highest BCUT2D eigenvalue weighted by Crippen LogP contribution is 2.32. The molecule has 0 spiro atoms. The summed E-state index contributed by atoms with van der Waals surface area (Å²) in [6, 6.07) is 19.3. The van der Waals surface area contributed by atoms with Crippen LogP contribution in [0.15, 0.2) is 65.5 Å². The highest BCUT2D eigenvalue weighted by atomic mass is 32.1. The van der Waals surface area contributed by atoms with Crippen LogP contribution in [0.2, 0.25) is 0 Å². The van der Waals surface area contributed by atoms with Crippen LogP contribution in [0, 0.1) is 0 Å². The fourth-order valence-corrected chi connectivity index (χ4v) is 5.01. The first kappa shape index (κ1) is 24.3. The van der Waals surface area contributed by atoms with Crippen LogP contribution >= 0.6 is 11.3 Å². The number of aromatic nitrogens is 1. The molecule has 2 heterocycles. The zero-order valence-electron chi connectivity index (χ0n) is 20.1. The normalized spacial score (nSPS) is 13.2. The summed E-state index contributed by atoms with van der Waals surface area (Å²) < 4.78 is 17.8. The predicted molar refractivity (Wildman–Crippen MR) is 141 cm³/mol. The number of hydrogen-bond acceptors (Lipinski definition) is 7. The lowest BCUT2D eigenvalue weighted by Gasteiger charge is -2.07. The molecular formula is C28H24N2O6S. The first-order valence-electron chi connectivity index (χ1n) is 11.7. The summed E-state index contributed by atoms with van der Waals surface area (Å²) >= 11 is 1.14. The second-order valence-electron chi connectivity index (χ2n) is 8.31. The van der Waals surface area contributed by atoms with E-state index in [2.05, 4.69) is 5.32 Å². The van der Waals surface area contributed by atoms with Crippen molar-refractivity contribution in [2.75, 3.05) is 13.4 Å². The molecule has 1 N–H and O–H groups in total. The van der Waals surface area contributed by atoms with Gasteiger partial charge in [-0.3, -0.25) is 14.2 Å². The fourth-order valence-electron chi connectivity index (χ4n) is 3.98. The average molecular weight is 517 g/mol. The number of esters is 1. The monoisotopic (exact) mass is 516 g/mol. The Morgan fingerprint density at radius 1 is 1.05 bits per heavy atom. The summed E-state index contributed by atoms with van der Waals surface area (Å²) in [5.74, 6) is 0.346. The molecule has 8 nitrogen and oxygen atoms in total. The summed E-state index contributed by atoms with van der Waals surface area (Å²) in [6.45, 7) is 2.09. The molecule has 0 aliphatic carbocycles.